The minimum atomic E-state index is -0.109. The Balaban J connectivity index is 1.65. The van der Waals surface area contributed by atoms with Crippen molar-refractivity contribution in [2.24, 2.45) is 5.92 Å². The van der Waals surface area contributed by atoms with Crippen molar-refractivity contribution in [2.75, 3.05) is 5.32 Å². The predicted molar refractivity (Wildman–Crippen MR) is 93.1 cm³/mol. The molecule has 0 saturated heterocycles. The van der Waals surface area contributed by atoms with E-state index in [1.165, 1.54) is 0 Å². The number of nitrogens with one attached hydrogen (secondary N) is 2. The first-order valence-corrected chi connectivity index (χ1v) is 8.42. The Morgan fingerprint density at radius 1 is 1.42 bits per heavy atom. The molecule has 0 unspecified atom stereocenters. The van der Waals surface area contributed by atoms with Crippen molar-refractivity contribution in [3.05, 3.63) is 42.0 Å². The smallest absolute Gasteiger partial charge is 0.259 e. The number of hydrogen-bond acceptors (Lipinski definition) is 3. The fraction of sp³-hybridized carbons (Fsp3) is 0.389. The number of nitrogens with zero attached hydrogens (tertiary/aromatic N) is 3. The van der Waals surface area contributed by atoms with E-state index in [4.69, 9.17) is 0 Å². The summed E-state index contributed by atoms with van der Waals surface area (Å²) in [7, 11) is 0. The maximum Gasteiger partial charge on any atom is 0.259 e. The number of anilines is 1. The first kappa shape index (κ1) is 14.9. The van der Waals surface area contributed by atoms with Crippen LogP contribution in [0.1, 0.15) is 48.7 Å². The highest BCUT2D eigenvalue weighted by atomic mass is 16.1. The molecule has 0 radical (unpaired) electrons. The normalized spacial score (nSPS) is 14.5. The van der Waals surface area contributed by atoms with Crippen LogP contribution < -0.4 is 5.32 Å². The number of rotatable bonds is 5. The second-order valence-corrected chi connectivity index (χ2v) is 6.85. The van der Waals surface area contributed by atoms with Crippen LogP contribution in [-0.2, 0) is 6.54 Å². The Morgan fingerprint density at radius 2 is 2.25 bits per heavy atom. The molecule has 24 heavy (non-hydrogen) atoms. The molecule has 4 rings (SSSR count). The van der Waals surface area contributed by atoms with Crippen LogP contribution in [0, 0.1) is 5.92 Å². The number of aromatic amines is 1. The number of carbonyl (C=O) groups is 1. The molecule has 1 amide bonds. The summed E-state index contributed by atoms with van der Waals surface area (Å²) in [4.78, 5) is 20.2. The molecule has 0 spiro atoms. The number of para-hydroxylation sites is 1. The van der Waals surface area contributed by atoms with Gasteiger partial charge in [0.2, 0.25) is 0 Å². The monoisotopic (exact) mass is 323 g/mol. The average Bonchev–Trinajstić information content (AvgIpc) is 3.10. The van der Waals surface area contributed by atoms with E-state index in [9.17, 15) is 4.79 Å². The number of hydrogen-bond donors (Lipinski definition) is 2. The maximum atomic E-state index is 12.8. The molecular formula is C18H21N5O. The molecule has 1 fully saturated rings. The van der Waals surface area contributed by atoms with E-state index in [1.54, 1.807) is 12.5 Å². The molecule has 1 saturated carbocycles. The zero-order valence-corrected chi connectivity index (χ0v) is 13.9. The third-order valence-corrected chi connectivity index (χ3v) is 4.32. The molecule has 1 aromatic carbocycles. The van der Waals surface area contributed by atoms with Gasteiger partial charge in [-0.1, -0.05) is 19.9 Å². The van der Waals surface area contributed by atoms with Crippen molar-refractivity contribution in [1.29, 1.82) is 0 Å². The summed E-state index contributed by atoms with van der Waals surface area (Å²) < 4.78 is 2.01. The first-order chi connectivity index (χ1) is 11.6. The number of H-pyrrole nitrogens is 1. The minimum Gasteiger partial charge on any atom is -0.345 e. The van der Waals surface area contributed by atoms with Crippen LogP contribution in [-0.4, -0.2) is 25.7 Å². The van der Waals surface area contributed by atoms with E-state index in [1.807, 2.05) is 22.9 Å². The SMILES string of the molecule is CC(C)Cn1ncc(C(=O)Nc2cccc3[nH]cnc23)c1C1CC1. The highest BCUT2D eigenvalue weighted by Crippen LogP contribution is 2.42. The topological polar surface area (TPSA) is 75.6 Å². The van der Waals surface area contributed by atoms with Crippen LogP contribution in [0.25, 0.3) is 11.0 Å². The van der Waals surface area contributed by atoms with E-state index in [0.29, 0.717) is 17.4 Å². The Bertz CT molecular complexity index is 888. The van der Waals surface area contributed by atoms with Gasteiger partial charge in [0.1, 0.15) is 5.52 Å². The van der Waals surface area contributed by atoms with E-state index < -0.39 is 0 Å². The minimum absolute atomic E-state index is 0.109. The van der Waals surface area contributed by atoms with Crippen LogP contribution in [0.4, 0.5) is 5.69 Å². The third kappa shape index (κ3) is 2.68. The van der Waals surface area contributed by atoms with Gasteiger partial charge >= 0.3 is 0 Å². The van der Waals surface area contributed by atoms with Crippen molar-refractivity contribution in [1.82, 2.24) is 19.7 Å². The van der Waals surface area contributed by atoms with Crippen LogP contribution >= 0.6 is 0 Å². The fourth-order valence-electron chi connectivity index (χ4n) is 3.10. The van der Waals surface area contributed by atoms with E-state index in [2.05, 4.69) is 34.2 Å². The lowest BCUT2D eigenvalue weighted by molar-refractivity contribution is 0.102. The van der Waals surface area contributed by atoms with Gasteiger partial charge < -0.3 is 10.3 Å². The molecule has 124 valence electrons. The van der Waals surface area contributed by atoms with Gasteiger partial charge in [0, 0.05) is 12.5 Å². The van der Waals surface area contributed by atoms with Gasteiger partial charge in [0.05, 0.1) is 35.0 Å². The molecule has 2 N–H and O–H groups in total. The van der Waals surface area contributed by atoms with Gasteiger partial charge in [-0.15, -0.1) is 0 Å². The first-order valence-electron chi connectivity index (χ1n) is 8.42. The van der Waals surface area contributed by atoms with Crippen molar-refractivity contribution in [2.45, 2.75) is 39.2 Å². The summed E-state index contributed by atoms with van der Waals surface area (Å²) in [5, 5.41) is 7.47. The van der Waals surface area contributed by atoms with Gasteiger partial charge in [-0.05, 0) is 30.9 Å². The number of imidazole rings is 1. The van der Waals surface area contributed by atoms with Crippen molar-refractivity contribution in [3.63, 3.8) is 0 Å². The highest BCUT2D eigenvalue weighted by molar-refractivity contribution is 6.08. The molecule has 6 heteroatoms. The average molecular weight is 323 g/mol. The molecular weight excluding hydrogens is 302 g/mol. The molecule has 0 aliphatic heterocycles. The molecule has 1 aliphatic rings. The lowest BCUT2D eigenvalue weighted by Gasteiger charge is -2.11. The van der Waals surface area contributed by atoms with Gasteiger partial charge in [0.25, 0.3) is 5.91 Å². The van der Waals surface area contributed by atoms with E-state index >= 15 is 0 Å². The number of benzene rings is 1. The van der Waals surface area contributed by atoms with Gasteiger partial charge in [-0.25, -0.2) is 4.98 Å². The van der Waals surface area contributed by atoms with Crippen LogP contribution in [0.15, 0.2) is 30.7 Å². The lowest BCUT2D eigenvalue weighted by Crippen LogP contribution is -2.16. The summed E-state index contributed by atoms with van der Waals surface area (Å²) in [6.45, 7) is 5.17. The Kier molecular flexibility index (Phi) is 3.59. The van der Waals surface area contributed by atoms with Crippen molar-refractivity contribution < 1.29 is 4.79 Å². The molecule has 2 aromatic heterocycles. The molecule has 0 bridgehead atoms. The van der Waals surface area contributed by atoms with Crippen LogP contribution in [0.5, 0.6) is 0 Å². The third-order valence-electron chi connectivity index (χ3n) is 4.32. The second-order valence-electron chi connectivity index (χ2n) is 6.85. The van der Waals surface area contributed by atoms with Crippen molar-refractivity contribution >= 4 is 22.6 Å². The van der Waals surface area contributed by atoms with E-state index in [0.717, 1.165) is 41.8 Å². The lowest BCUT2D eigenvalue weighted by atomic mass is 10.1. The zero-order valence-electron chi connectivity index (χ0n) is 13.9. The Morgan fingerprint density at radius 3 is 3.00 bits per heavy atom. The molecule has 6 nitrogen and oxygen atoms in total. The zero-order chi connectivity index (χ0) is 16.7. The number of carbonyl (C=O) groups excluding carboxylic acids is 1. The van der Waals surface area contributed by atoms with Crippen molar-refractivity contribution in [3.8, 4) is 0 Å². The fourth-order valence-corrected chi connectivity index (χ4v) is 3.10. The second kappa shape index (κ2) is 5.78. The summed E-state index contributed by atoms with van der Waals surface area (Å²) >= 11 is 0. The standard InChI is InChI=1S/C18H21N5O/c1-11(2)9-23-17(12-6-7-12)13(8-21-23)18(24)22-15-5-3-4-14-16(15)20-10-19-14/h3-5,8,10-12H,6-7,9H2,1-2H3,(H,19,20)(H,22,24). The summed E-state index contributed by atoms with van der Waals surface area (Å²) in [6, 6.07) is 5.71. The van der Waals surface area contributed by atoms with Crippen LogP contribution in [0.2, 0.25) is 0 Å². The van der Waals surface area contributed by atoms with Gasteiger partial charge in [-0.3, -0.25) is 9.48 Å². The quantitative estimate of drug-likeness (QED) is 0.754. The molecule has 0 atom stereocenters. The maximum absolute atomic E-state index is 12.8. The molecule has 1 aliphatic carbocycles. The molecule has 3 aromatic rings. The van der Waals surface area contributed by atoms with Crippen LogP contribution in [0.3, 0.4) is 0 Å². The number of amides is 1. The largest absolute Gasteiger partial charge is 0.345 e. The Hall–Kier alpha value is -2.63. The molecule has 2 heterocycles. The number of fused-ring (bicyclic) bond motifs is 1. The highest BCUT2D eigenvalue weighted by Gasteiger charge is 2.32. The van der Waals surface area contributed by atoms with E-state index in [-0.39, 0.29) is 5.91 Å². The predicted octanol–water partition coefficient (Wildman–Crippen LogP) is 3.55. The summed E-state index contributed by atoms with van der Waals surface area (Å²) in [5.74, 6) is 0.853. The van der Waals surface area contributed by atoms with Gasteiger partial charge in [-0.2, -0.15) is 5.10 Å². The number of aromatic nitrogens is 4. The Labute approximate surface area is 140 Å². The summed E-state index contributed by atoms with van der Waals surface area (Å²) in [5.41, 5.74) is 4.16. The van der Waals surface area contributed by atoms with Gasteiger partial charge in [0.15, 0.2) is 0 Å². The summed E-state index contributed by atoms with van der Waals surface area (Å²) in [6.07, 6.45) is 5.62.